The van der Waals surface area contributed by atoms with Crippen molar-refractivity contribution in [1.82, 2.24) is 0 Å². The Hall–Kier alpha value is -0.840. The van der Waals surface area contributed by atoms with E-state index in [4.69, 9.17) is 0 Å². The third-order valence-corrected chi connectivity index (χ3v) is 3.85. The van der Waals surface area contributed by atoms with Gasteiger partial charge in [-0.1, -0.05) is 0 Å². The molecule has 0 unspecified atom stereocenters. The van der Waals surface area contributed by atoms with E-state index in [1.54, 1.807) is 0 Å². The monoisotopic (exact) mass is 250 g/mol. The van der Waals surface area contributed by atoms with Crippen molar-refractivity contribution in [1.29, 1.82) is 0 Å². The van der Waals surface area contributed by atoms with Gasteiger partial charge in [0.25, 0.3) is 0 Å². The Bertz CT molecular complexity index is 326. The van der Waals surface area contributed by atoms with Gasteiger partial charge in [-0.15, -0.1) is 0 Å². The van der Waals surface area contributed by atoms with Gasteiger partial charge in [0.05, 0.1) is 0 Å². The number of hydrogen-bond acceptors (Lipinski definition) is 6. The minimum atomic E-state index is -3.52. The highest BCUT2D eigenvalue weighted by Crippen LogP contribution is 2.46. The van der Waals surface area contributed by atoms with Crippen LogP contribution in [0.5, 0.6) is 0 Å². The third-order valence-electron chi connectivity index (χ3n) is 2.04. The van der Waals surface area contributed by atoms with Crippen LogP contribution in [0.2, 0.25) is 0 Å². The summed E-state index contributed by atoms with van der Waals surface area (Å²) in [5.74, 6) is -3.27. The SMILES string of the molecule is COP(=O)(CC(=O)C(C(C)=O)C(C)=O)OC. The molecule has 0 rings (SSSR count). The third kappa shape index (κ3) is 3.96. The van der Waals surface area contributed by atoms with Gasteiger partial charge < -0.3 is 9.05 Å². The van der Waals surface area contributed by atoms with Crippen LogP contribution in [-0.2, 0) is 28.0 Å². The molecule has 92 valence electrons. The predicted octanol–water partition coefficient (Wildman–Crippen LogP) is 0.836. The molecular weight excluding hydrogens is 235 g/mol. The van der Waals surface area contributed by atoms with Crippen molar-refractivity contribution in [2.75, 3.05) is 20.4 Å². The molecule has 16 heavy (non-hydrogen) atoms. The second-order valence-electron chi connectivity index (χ2n) is 3.25. The molecule has 0 N–H and O–H groups in total. The molecule has 0 fully saturated rings. The average Bonchev–Trinajstić information content (AvgIpc) is 2.16. The topological polar surface area (TPSA) is 86.7 Å². The average molecular weight is 250 g/mol. The van der Waals surface area contributed by atoms with Crippen LogP contribution in [0.25, 0.3) is 0 Å². The van der Waals surface area contributed by atoms with Gasteiger partial charge in [0, 0.05) is 14.2 Å². The highest BCUT2D eigenvalue weighted by Gasteiger charge is 2.34. The van der Waals surface area contributed by atoms with Crippen molar-refractivity contribution in [3.8, 4) is 0 Å². The number of carbonyl (C=O) groups is 3. The lowest BCUT2D eigenvalue weighted by Gasteiger charge is -2.15. The number of hydrogen-bond donors (Lipinski definition) is 0. The molecule has 0 spiro atoms. The van der Waals surface area contributed by atoms with Crippen molar-refractivity contribution in [2.24, 2.45) is 5.92 Å². The summed E-state index contributed by atoms with van der Waals surface area (Å²) in [5, 5.41) is 0. The quantitative estimate of drug-likeness (QED) is 0.491. The minimum Gasteiger partial charge on any atom is -0.312 e. The van der Waals surface area contributed by atoms with Crippen LogP contribution in [0, 0.1) is 5.92 Å². The lowest BCUT2D eigenvalue weighted by molar-refractivity contribution is -0.137. The standard InChI is InChI=1S/C9H15O6P/c1-6(10)9(7(2)11)8(12)5-16(13,14-3)15-4/h9H,5H2,1-4H3. The molecule has 0 atom stereocenters. The van der Waals surface area contributed by atoms with Gasteiger partial charge in [0.2, 0.25) is 0 Å². The van der Waals surface area contributed by atoms with Crippen LogP contribution < -0.4 is 0 Å². The molecule has 0 heterocycles. The van der Waals surface area contributed by atoms with Crippen LogP contribution in [0.1, 0.15) is 13.8 Å². The molecule has 0 saturated heterocycles. The van der Waals surface area contributed by atoms with Crippen LogP contribution in [0.4, 0.5) is 0 Å². The summed E-state index contributed by atoms with van der Waals surface area (Å²) in [6.45, 7) is 2.27. The molecule has 0 radical (unpaired) electrons. The number of ketones is 3. The first-order valence-electron chi connectivity index (χ1n) is 4.51. The van der Waals surface area contributed by atoms with E-state index in [1.165, 1.54) is 0 Å². The van der Waals surface area contributed by atoms with E-state index in [2.05, 4.69) is 9.05 Å². The van der Waals surface area contributed by atoms with E-state index in [1.807, 2.05) is 0 Å². The maximum absolute atomic E-state index is 11.6. The van der Waals surface area contributed by atoms with E-state index < -0.39 is 37.0 Å². The van der Waals surface area contributed by atoms with Crippen molar-refractivity contribution >= 4 is 24.9 Å². The summed E-state index contributed by atoms with van der Waals surface area (Å²) in [6.07, 6.45) is -0.580. The van der Waals surface area contributed by atoms with E-state index in [0.717, 1.165) is 28.1 Å². The van der Waals surface area contributed by atoms with Crippen molar-refractivity contribution in [2.45, 2.75) is 13.8 Å². The second-order valence-corrected chi connectivity index (χ2v) is 5.52. The van der Waals surface area contributed by atoms with E-state index in [0.29, 0.717) is 0 Å². The van der Waals surface area contributed by atoms with Gasteiger partial charge in [-0.2, -0.15) is 0 Å². The Kier molecular flexibility index (Phi) is 5.72. The summed E-state index contributed by atoms with van der Waals surface area (Å²) in [4.78, 5) is 33.7. The summed E-state index contributed by atoms with van der Waals surface area (Å²) >= 11 is 0. The maximum atomic E-state index is 11.6. The van der Waals surface area contributed by atoms with Gasteiger partial charge in [0.15, 0.2) is 5.78 Å². The lowest BCUT2D eigenvalue weighted by atomic mass is 9.97. The van der Waals surface area contributed by atoms with Crippen molar-refractivity contribution in [3.63, 3.8) is 0 Å². The summed E-state index contributed by atoms with van der Waals surface area (Å²) in [5.41, 5.74) is 0. The van der Waals surface area contributed by atoms with E-state index >= 15 is 0 Å². The first kappa shape index (κ1) is 15.2. The fourth-order valence-corrected chi connectivity index (χ4v) is 2.20. The molecule has 0 saturated carbocycles. The number of rotatable bonds is 7. The first-order chi connectivity index (χ1) is 7.27. The predicted molar refractivity (Wildman–Crippen MR) is 56.4 cm³/mol. The number of carbonyl (C=O) groups excluding carboxylic acids is 3. The summed E-state index contributed by atoms with van der Waals surface area (Å²) in [7, 11) is -1.26. The molecule has 0 aliphatic carbocycles. The molecular formula is C9H15O6P. The van der Waals surface area contributed by atoms with E-state index in [9.17, 15) is 18.9 Å². The van der Waals surface area contributed by atoms with Crippen LogP contribution in [0.15, 0.2) is 0 Å². The molecule has 0 aromatic rings. The largest absolute Gasteiger partial charge is 0.337 e. The maximum Gasteiger partial charge on any atom is 0.337 e. The highest BCUT2D eigenvalue weighted by atomic mass is 31.2. The Balaban J connectivity index is 4.86. The van der Waals surface area contributed by atoms with Gasteiger partial charge in [-0.25, -0.2) is 0 Å². The molecule has 0 amide bonds. The Morgan fingerprint density at radius 3 is 1.69 bits per heavy atom. The second kappa shape index (κ2) is 6.03. The molecule has 7 heteroatoms. The smallest absolute Gasteiger partial charge is 0.312 e. The zero-order valence-electron chi connectivity index (χ0n) is 9.68. The van der Waals surface area contributed by atoms with Gasteiger partial charge in [-0.05, 0) is 13.8 Å². The zero-order chi connectivity index (χ0) is 12.9. The first-order valence-corrected chi connectivity index (χ1v) is 6.24. The van der Waals surface area contributed by atoms with Gasteiger partial charge in [0.1, 0.15) is 23.6 Å². The van der Waals surface area contributed by atoms with Gasteiger partial charge >= 0.3 is 7.60 Å². The fourth-order valence-electron chi connectivity index (χ4n) is 1.23. The normalized spacial score (nSPS) is 11.6. The Morgan fingerprint density at radius 1 is 1.06 bits per heavy atom. The fraction of sp³-hybridized carbons (Fsp3) is 0.667. The molecule has 0 aliphatic heterocycles. The van der Waals surface area contributed by atoms with Crippen LogP contribution >= 0.6 is 7.60 Å². The molecule has 0 aromatic heterocycles. The summed E-state index contributed by atoms with van der Waals surface area (Å²) < 4.78 is 20.7. The molecule has 0 aromatic carbocycles. The minimum absolute atomic E-state index is 0.573. The Morgan fingerprint density at radius 2 is 1.44 bits per heavy atom. The van der Waals surface area contributed by atoms with Gasteiger partial charge in [-0.3, -0.25) is 18.9 Å². The number of Topliss-reactive ketones (excluding diaryl/α,β-unsaturated/α-hetero) is 3. The Labute approximate surface area is 93.8 Å². The molecule has 0 aliphatic rings. The van der Waals surface area contributed by atoms with E-state index in [-0.39, 0.29) is 0 Å². The lowest BCUT2D eigenvalue weighted by Crippen LogP contribution is -2.31. The van der Waals surface area contributed by atoms with Crippen LogP contribution in [-0.4, -0.2) is 37.7 Å². The molecule has 6 nitrogen and oxygen atoms in total. The van der Waals surface area contributed by atoms with Crippen molar-refractivity contribution in [3.05, 3.63) is 0 Å². The highest BCUT2D eigenvalue weighted by molar-refractivity contribution is 7.54. The zero-order valence-corrected chi connectivity index (χ0v) is 10.6. The van der Waals surface area contributed by atoms with Crippen molar-refractivity contribution < 1.29 is 28.0 Å². The van der Waals surface area contributed by atoms with Crippen LogP contribution in [0.3, 0.4) is 0 Å². The molecule has 0 bridgehead atoms. The summed E-state index contributed by atoms with van der Waals surface area (Å²) in [6, 6.07) is 0.